The van der Waals surface area contributed by atoms with Gasteiger partial charge in [0.1, 0.15) is 0 Å². The van der Waals surface area contributed by atoms with Crippen LogP contribution in [0.2, 0.25) is 0 Å². The molecule has 0 fully saturated rings. The summed E-state index contributed by atoms with van der Waals surface area (Å²) in [7, 11) is -10.9. The highest BCUT2D eigenvalue weighted by Crippen LogP contribution is 2.64. The molecule has 2 nitrogen and oxygen atoms in total. The fourth-order valence-electron chi connectivity index (χ4n) is 1.99. The van der Waals surface area contributed by atoms with Crippen LogP contribution in [0.5, 0.6) is 0 Å². The van der Waals surface area contributed by atoms with Crippen molar-refractivity contribution in [3.05, 3.63) is 0 Å². The predicted octanol–water partition coefficient (Wildman–Crippen LogP) is 8.15. The molecule has 242 valence electrons. The molecular weight excluding hydrogens is 686 g/mol. The van der Waals surface area contributed by atoms with Crippen molar-refractivity contribution in [3.63, 3.8) is 0 Å². The second-order valence-electron chi connectivity index (χ2n) is 6.72. The molecule has 1 atom stereocenters. The predicted molar refractivity (Wildman–Crippen MR) is 66.8 cm³/mol. The van der Waals surface area contributed by atoms with Crippen LogP contribution in [0, 0.1) is 0 Å². The Balaban J connectivity index is 7.53. The van der Waals surface area contributed by atoms with E-state index >= 15 is 0 Å². The third-order valence-corrected chi connectivity index (χ3v) is 6.89. The monoisotopic (exact) mass is 686 g/mol. The van der Waals surface area contributed by atoms with Crippen LogP contribution in [0.15, 0.2) is 0 Å². The first-order valence-electron chi connectivity index (χ1n) is 7.98. The van der Waals surface area contributed by atoms with Crippen LogP contribution >= 0.6 is 0 Å². The Bertz CT molecular complexity index is 904. The number of halogens is 26. The zero-order valence-corrected chi connectivity index (χ0v) is 17.6. The van der Waals surface area contributed by atoms with E-state index in [2.05, 4.69) is 0 Å². The maximum Gasteiger partial charge on any atom is 0.552 e. The lowest BCUT2D eigenvalue weighted by Crippen LogP contribution is -2.79. The maximum atomic E-state index is 13.6. The van der Waals surface area contributed by atoms with Crippen molar-refractivity contribution in [3.8, 4) is 0 Å². The Morgan fingerprint density at radius 2 is 0.625 bits per heavy atom. The molecule has 0 aliphatic heterocycles. The standard InChI is InChI=1S/C11F26O2Si/c12-1(13,2(14,15)4(18,19)6(22,23)24)3(16,17)5(20,21)8(28,29)38-40(11(35,36)37,39-10(32,33)34)9(30,31)7(25,26)27. The fraction of sp³-hybridized carbons (Fsp3) is 1.00. The van der Waals surface area contributed by atoms with Crippen LogP contribution in [0.25, 0.3) is 0 Å². The van der Waals surface area contributed by atoms with Crippen molar-refractivity contribution in [1.29, 1.82) is 0 Å². The van der Waals surface area contributed by atoms with E-state index in [0.717, 1.165) is 8.85 Å². The van der Waals surface area contributed by atoms with Crippen molar-refractivity contribution in [1.82, 2.24) is 0 Å². The topological polar surface area (TPSA) is 18.5 Å². The van der Waals surface area contributed by atoms with Gasteiger partial charge in [-0.25, -0.2) is 0 Å². The average Bonchev–Trinajstić information content (AvgIpc) is 2.62. The summed E-state index contributed by atoms with van der Waals surface area (Å²) in [6.07, 6.45) is -33.4. The van der Waals surface area contributed by atoms with Crippen molar-refractivity contribution in [2.24, 2.45) is 0 Å². The summed E-state index contributed by atoms with van der Waals surface area (Å²) in [6, 6.07) is 0. The van der Waals surface area contributed by atoms with Gasteiger partial charge in [-0.2, -0.15) is 101 Å². The number of hydrogen-bond acceptors (Lipinski definition) is 2. The highest BCUT2D eigenvalue weighted by molar-refractivity contribution is 6.72. The molecule has 0 rings (SSSR count). The largest absolute Gasteiger partial charge is 0.552 e. The molecule has 0 heterocycles. The first kappa shape index (κ1) is 38.3. The third-order valence-electron chi connectivity index (χ3n) is 3.97. The minimum atomic E-state index is -10.9. The molecule has 0 aromatic heterocycles. The summed E-state index contributed by atoms with van der Waals surface area (Å²) >= 11 is 0. The van der Waals surface area contributed by atoms with Gasteiger partial charge < -0.3 is 4.43 Å². The van der Waals surface area contributed by atoms with Crippen LogP contribution in [0.3, 0.4) is 0 Å². The Labute approximate surface area is 199 Å². The Kier molecular flexibility index (Phi) is 9.02. The van der Waals surface area contributed by atoms with Crippen LogP contribution in [-0.4, -0.2) is 74.3 Å². The Hall–Kier alpha value is -1.68. The normalized spacial score (nSPS) is 18.1. The van der Waals surface area contributed by atoms with E-state index in [-0.39, 0.29) is 0 Å². The number of rotatable bonds is 9. The van der Waals surface area contributed by atoms with Crippen molar-refractivity contribution < 1.29 is 123 Å². The average molecular weight is 686 g/mol. The molecule has 0 aromatic carbocycles. The first-order valence-corrected chi connectivity index (χ1v) is 9.80. The molecule has 0 saturated heterocycles. The zero-order chi connectivity index (χ0) is 33.4. The Morgan fingerprint density at radius 3 is 0.875 bits per heavy atom. The molecule has 29 heteroatoms. The number of alkyl halides is 26. The van der Waals surface area contributed by atoms with Gasteiger partial charge in [0.15, 0.2) is 0 Å². The van der Waals surface area contributed by atoms with E-state index in [1.165, 1.54) is 0 Å². The molecule has 0 aromatic rings. The quantitative estimate of drug-likeness (QED) is 0.180. The minimum Gasteiger partial charge on any atom is -0.320 e. The smallest absolute Gasteiger partial charge is 0.320 e. The van der Waals surface area contributed by atoms with Crippen molar-refractivity contribution in [2.45, 2.75) is 65.8 Å². The highest BCUT2D eigenvalue weighted by Gasteiger charge is 2.97. The van der Waals surface area contributed by atoms with Gasteiger partial charge in [0.25, 0.3) is 0 Å². The van der Waals surface area contributed by atoms with Crippen molar-refractivity contribution in [2.75, 3.05) is 0 Å². The van der Waals surface area contributed by atoms with E-state index in [9.17, 15) is 114 Å². The lowest BCUT2D eigenvalue weighted by molar-refractivity contribution is -0.470. The highest BCUT2D eigenvalue weighted by atomic mass is 28.4. The van der Waals surface area contributed by atoms with Gasteiger partial charge in [0, 0.05) is 0 Å². The number of hydrogen-bond donors (Lipinski definition) is 0. The summed E-state index contributed by atoms with van der Waals surface area (Å²) < 4.78 is 337. The lowest BCUT2D eigenvalue weighted by atomic mass is 9.93. The molecule has 0 aliphatic rings. The third kappa shape index (κ3) is 5.43. The van der Waals surface area contributed by atoms with Crippen LogP contribution in [-0.2, 0) is 8.85 Å². The van der Waals surface area contributed by atoms with E-state index in [4.69, 9.17) is 0 Å². The molecule has 0 N–H and O–H groups in total. The van der Waals surface area contributed by atoms with E-state index in [1.807, 2.05) is 0 Å². The molecular formula is C11F26O2Si. The summed E-state index contributed by atoms with van der Waals surface area (Å²) in [5.74, 6) is -54.3. The minimum absolute atomic E-state index is 1.02. The van der Waals surface area contributed by atoms with Gasteiger partial charge in [-0.05, 0) is 0 Å². The van der Waals surface area contributed by atoms with Crippen LogP contribution < -0.4 is 0 Å². The van der Waals surface area contributed by atoms with Gasteiger partial charge in [-0.1, -0.05) is 0 Å². The molecule has 0 amide bonds. The molecule has 1 unspecified atom stereocenters. The van der Waals surface area contributed by atoms with E-state index in [0.29, 0.717) is 0 Å². The van der Waals surface area contributed by atoms with Gasteiger partial charge in [0.2, 0.25) is 0 Å². The summed E-state index contributed by atoms with van der Waals surface area (Å²) in [5, 5.41) is 0. The second-order valence-corrected chi connectivity index (χ2v) is 9.56. The maximum absolute atomic E-state index is 13.6. The molecule has 0 aliphatic carbocycles. The zero-order valence-electron chi connectivity index (χ0n) is 16.6. The Morgan fingerprint density at radius 1 is 0.325 bits per heavy atom. The summed E-state index contributed by atoms with van der Waals surface area (Å²) in [5.41, 5.74) is -8.68. The van der Waals surface area contributed by atoms with E-state index in [1.54, 1.807) is 0 Å². The van der Waals surface area contributed by atoms with Crippen LogP contribution in [0.4, 0.5) is 114 Å². The SMILES string of the molecule is FC(F)(F)O[Si](OC(F)(F)C(F)(F)C(F)(F)C(F)(F)C(F)(F)C(F)(F)C(F)(F)F)(C(F)(F)F)C(F)(F)C(F)(F)F. The van der Waals surface area contributed by atoms with Crippen molar-refractivity contribution >= 4 is 8.56 Å². The lowest BCUT2D eigenvalue weighted by Gasteiger charge is -2.44. The summed E-state index contributed by atoms with van der Waals surface area (Å²) in [6.45, 7) is 0. The molecule has 0 bridgehead atoms. The molecule has 0 spiro atoms. The van der Waals surface area contributed by atoms with Gasteiger partial charge >= 0.3 is 74.3 Å². The van der Waals surface area contributed by atoms with Gasteiger partial charge in [-0.15, -0.1) is 13.2 Å². The first-order chi connectivity index (χ1) is 16.7. The van der Waals surface area contributed by atoms with E-state index < -0.39 is 74.3 Å². The molecule has 40 heavy (non-hydrogen) atoms. The molecule has 0 saturated carbocycles. The summed E-state index contributed by atoms with van der Waals surface area (Å²) in [4.78, 5) is 0. The van der Waals surface area contributed by atoms with Gasteiger partial charge in [0.05, 0.1) is 0 Å². The second kappa shape index (κ2) is 9.41. The molecule has 0 radical (unpaired) electrons. The van der Waals surface area contributed by atoms with Gasteiger partial charge in [-0.3, -0.25) is 4.43 Å². The van der Waals surface area contributed by atoms with Crippen LogP contribution in [0.1, 0.15) is 0 Å². The fourth-order valence-corrected chi connectivity index (χ4v) is 4.06.